The summed E-state index contributed by atoms with van der Waals surface area (Å²) >= 11 is 0. The highest BCUT2D eigenvalue weighted by Crippen LogP contribution is 2.23. The Bertz CT molecular complexity index is 609. The number of fused-ring (bicyclic) bond motifs is 1. The van der Waals surface area contributed by atoms with E-state index in [1.165, 1.54) is 0 Å². The summed E-state index contributed by atoms with van der Waals surface area (Å²) in [6.07, 6.45) is 0. The van der Waals surface area contributed by atoms with E-state index < -0.39 is 0 Å². The van der Waals surface area contributed by atoms with Gasteiger partial charge in [0.1, 0.15) is 12.4 Å². The zero-order chi connectivity index (χ0) is 13.5. The lowest BCUT2D eigenvalue weighted by Crippen LogP contribution is -2.06. The number of hydrogen-bond acceptors (Lipinski definition) is 4. The Labute approximate surface area is 110 Å². The van der Waals surface area contributed by atoms with E-state index in [9.17, 15) is 0 Å². The molecule has 0 aliphatic heterocycles. The van der Waals surface area contributed by atoms with Crippen molar-refractivity contribution < 1.29 is 9.47 Å². The summed E-state index contributed by atoms with van der Waals surface area (Å²) in [5.41, 5.74) is 9.90. The molecule has 0 N–H and O–H groups in total. The van der Waals surface area contributed by atoms with Crippen LogP contribution in [0.1, 0.15) is 5.69 Å². The summed E-state index contributed by atoms with van der Waals surface area (Å²) in [6.45, 7) is 1.09. The molecule has 0 atom stereocenters. The van der Waals surface area contributed by atoms with Crippen molar-refractivity contribution in [2.45, 2.75) is 6.54 Å². The molecule has 2 rings (SSSR count). The Kier molecular flexibility index (Phi) is 4.55. The standard InChI is InChI=1S/C13H14N4O2/c1-18-6-7-19-13-8-10-4-2-3-5-11(10)16-12(13)9-15-17-14/h2-5,8H,6-7,9H2,1H3. The van der Waals surface area contributed by atoms with Gasteiger partial charge in [0.2, 0.25) is 0 Å². The summed E-state index contributed by atoms with van der Waals surface area (Å²) in [7, 11) is 1.61. The lowest BCUT2D eigenvalue weighted by molar-refractivity contribution is 0.145. The molecule has 98 valence electrons. The number of nitrogens with zero attached hydrogens (tertiary/aromatic N) is 4. The molecule has 2 aromatic rings. The molecule has 0 aliphatic carbocycles. The van der Waals surface area contributed by atoms with Crippen LogP contribution in [0.15, 0.2) is 35.4 Å². The van der Waals surface area contributed by atoms with Crippen LogP contribution in [0, 0.1) is 0 Å². The second kappa shape index (κ2) is 6.58. The van der Waals surface area contributed by atoms with Crippen LogP contribution in [0.25, 0.3) is 21.3 Å². The molecule has 0 saturated heterocycles. The van der Waals surface area contributed by atoms with E-state index in [1.54, 1.807) is 7.11 Å². The van der Waals surface area contributed by atoms with E-state index in [-0.39, 0.29) is 6.54 Å². The smallest absolute Gasteiger partial charge is 0.141 e. The normalized spacial score (nSPS) is 10.2. The first-order valence-corrected chi connectivity index (χ1v) is 5.86. The van der Waals surface area contributed by atoms with Crippen molar-refractivity contribution in [3.05, 3.63) is 46.5 Å². The number of rotatable bonds is 6. The molecular weight excluding hydrogens is 244 g/mol. The number of methoxy groups -OCH3 is 1. The third-order valence-corrected chi connectivity index (χ3v) is 2.59. The van der Waals surface area contributed by atoms with Gasteiger partial charge in [-0.1, -0.05) is 23.3 Å². The number of azide groups is 1. The van der Waals surface area contributed by atoms with Crippen LogP contribution >= 0.6 is 0 Å². The SMILES string of the molecule is COCCOc1cc2ccccc2nc1CN=[N+]=[N-]. The minimum Gasteiger partial charge on any atom is -0.489 e. The van der Waals surface area contributed by atoms with Gasteiger partial charge < -0.3 is 9.47 Å². The average Bonchev–Trinajstić information content (AvgIpc) is 2.45. The number of para-hydroxylation sites is 1. The van der Waals surface area contributed by atoms with Crippen molar-refractivity contribution in [2.75, 3.05) is 20.3 Å². The molecule has 19 heavy (non-hydrogen) atoms. The van der Waals surface area contributed by atoms with Gasteiger partial charge in [-0.2, -0.15) is 0 Å². The van der Waals surface area contributed by atoms with Crippen LogP contribution < -0.4 is 4.74 Å². The summed E-state index contributed by atoms with van der Waals surface area (Å²) in [5, 5.41) is 4.53. The molecular formula is C13H14N4O2. The van der Waals surface area contributed by atoms with Crippen molar-refractivity contribution in [3.8, 4) is 5.75 Å². The third-order valence-electron chi connectivity index (χ3n) is 2.59. The summed E-state index contributed by atoms with van der Waals surface area (Å²) in [6, 6.07) is 9.63. The van der Waals surface area contributed by atoms with E-state index in [4.69, 9.17) is 15.0 Å². The monoisotopic (exact) mass is 258 g/mol. The highest BCUT2D eigenvalue weighted by Gasteiger charge is 2.07. The molecule has 0 aliphatic rings. The molecule has 1 heterocycles. The fraction of sp³-hybridized carbons (Fsp3) is 0.308. The van der Waals surface area contributed by atoms with Crippen molar-refractivity contribution in [3.63, 3.8) is 0 Å². The Morgan fingerprint density at radius 3 is 2.95 bits per heavy atom. The van der Waals surface area contributed by atoms with Gasteiger partial charge in [-0.15, -0.1) is 0 Å². The topological polar surface area (TPSA) is 80.1 Å². The maximum Gasteiger partial charge on any atom is 0.141 e. The second-order valence-corrected chi connectivity index (χ2v) is 3.86. The average molecular weight is 258 g/mol. The van der Waals surface area contributed by atoms with Gasteiger partial charge in [-0.05, 0) is 17.7 Å². The number of aromatic nitrogens is 1. The minimum atomic E-state index is 0.170. The molecule has 0 bridgehead atoms. The number of pyridine rings is 1. The largest absolute Gasteiger partial charge is 0.489 e. The highest BCUT2D eigenvalue weighted by atomic mass is 16.5. The second-order valence-electron chi connectivity index (χ2n) is 3.86. The van der Waals surface area contributed by atoms with Crippen molar-refractivity contribution >= 4 is 10.9 Å². The van der Waals surface area contributed by atoms with Gasteiger partial charge in [0.15, 0.2) is 0 Å². The number of ether oxygens (including phenoxy) is 2. The van der Waals surface area contributed by atoms with Crippen LogP contribution in [0.3, 0.4) is 0 Å². The van der Waals surface area contributed by atoms with E-state index in [0.29, 0.717) is 24.7 Å². The summed E-state index contributed by atoms with van der Waals surface area (Å²) in [4.78, 5) is 7.21. The maximum atomic E-state index is 8.42. The molecule has 6 nitrogen and oxygen atoms in total. The molecule has 1 aromatic heterocycles. The van der Waals surface area contributed by atoms with E-state index in [1.807, 2.05) is 30.3 Å². The first kappa shape index (κ1) is 13.1. The van der Waals surface area contributed by atoms with E-state index in [0.717, 1.165) is 10.9 Å². The third kappa shape index (κ3) is 3.34. The predicted octanol–water partition coefficient (Wildman–Crippen LogP) is 3.07. The lowest BCUT2D eigenvalue weighted by Gasteiger charge is -2.10. The van der Waals surface area contributed by atoms with Crippen molar-refractivity contribution in [2.24, 2.45) is 5.11 Å². The molecule has 6 heteroatoms. The van der Waals surface area contributed by atoms with Gasteiger partial charge in [0.05, 0.1) is 24.4 Å². The zero-order valence-electron chi connectivity index (χ0n) is 10.6. The van der Waals surface area contributed by atoms with Crippen LogP contribution in [0.4, 0.5) is 0 Å². The predicted molar refractivity (Wildman–Crippen MR) is 72.0 cm³/mol. The van der Waals surface area contributed by atoms with Crippen molar-refractivity contribution in [1.29, 1.82) is 0 Å². The Morgan fingerprint density at radius 1 is 1.32 bits per heavy atom. The minimum absolute atomic E-state index is 0.170. The quantitative estimate of drug-likeness (QED) is 0.345. The Hall–Kier alpha value is -2.30. The zero-order valence-corrected chi connectivity index (χ0v) is 10.6. The number of benzene rings is 1. The molecule has 0 unspecified atom stereocenters. The Balaban J connectivity index is 2.35. The molecule has 0 spiro atoms. The fourth-order valence-electron chi connectivity index (χ4n) is 1.71. The maximum absolute atomic E-state index is 8.42. The molecule has 0 fully saturated rings. The summed E-state index contributed by atoms with van der Waals surface area (Å²) < 4.78 is 10.6. The van der Waals surface area contributed by atoms with Gasteiger partial charge in [-0.25, -0.2) is 4.98 Å². The van der Waals surface area contributed by atoms with Crippen LogP contribution in [0.5, 0.6) is 5.75 Å². The van der Waals surface area contributed by atoms with Crippen LogP contribution in [-0.2, 0) is 11.3 Å². The van der Waals surface area contributed by atoms with Gasteiger partial charge >= 0.3 is 0 Å². The van der Waals surface area contributed by atoms with Crippen molar-refractivity contribution in [1.82, 2.24) is 4.98 Å². The first-order chi connectivity index (χ1) is 9.35. The van der Waals surface area contributed by atoms with E-state index in [2.05, 4.69) is 15.0 Å². The first-order valence-electron chi connectivity index (χ1n) is 5.86. The molecule has 0 amide bonds. The van der Waals surface area contributed by atoms with Gasteiger partial charge in [0, 0.05) is 17.4 Å². The van der Waals surface area contributed by atoms with Gasteiger partial charge in [0.25, 0.3) is 0 Å². The molecule has 0 saturated carbocycles. The van der Waals surface area contributed by atoms with E-state index >= 15 is 0 Å². The molecule has 0 radical (unpaired) electrons. The van der Waals surface area contributed by atoms with Crippen LogP contribution in [0.2, 0.25) is 0 Å². The lowest BCUT2D eigenvalue weighted by atomic mass is 10.2. The van der Waals surface area contributed by atoms with Crippen LogP contribution in [-0.4, -0.2) is 25.3 Å². The summed E-state index contributed by atoms with van der Waals surface area (Å²) in [5.74, 6) is 0.628. The Morgan fingerprint density at radius 2 is 2.16 bits per heavy atom. The number of hydrogen-bond donors (Lipinski definition) is 0. The highest BCUT2D eigenvalue weighted by molar-refractivity contribution is 5.80. The fourth-order valence-corrected chi connectivity index (χ4v) is 1.71. The van der Waals surface area contributed by atoms with Gasteiger partial charge in [-0.3, -0.25) is 0 Å². The molecule has 1 aromatic carbocycles.